The Labute approximate surface area is 116 Å². The van der Waals surface area contributed by atoms with Crippen LogP contribution < -0.4 is 10.6 Å². The molecule has 0 bridgehead atoms. The molecule has 1 saturated heterocycles. The molecule has 5 heteroatoms. The van der Waals surface area contributed by atoms with E-state index in [0.29, 0.717) is 26.1 Å². The van der Waals surface area contributed by atoms with E-state index < -0.39 is 0 Å². The van der Waals surface area contributed by atoms with Crippen LogP contribution in [-0.2, 0) is 14.3 Å². The van der Waals surface area contributed by atoms with Gasteiger partial charge in [-0.05, 0) is 34.1 Å². The number of ether oxygens (including phenoxy) is 2. The number of rotatable bonds is 7. The van der Waals surface area contributed by atoms with Gasteiger partial charge in [-0.3, -0.25) is 4.79 Å². The van der Waals surface area contributed by atoms with Crippen LogP contribution >= 0.6 is 0 Å². The molecular formula is C14H28N2O3. The summed E-state index contributed by atoms with van der Waals surface area (Å²) in [5, 5.41) is 6.24. The summed E-state index contributed by atoms with van der Waals surface area (Å²) in [6, 6.07) is 0.286. The Kier molecular flexibility index (Phi) is 5.77. The minimum atomic E-state index is -0.184. The third kappa shape index (κ3) is 5.47. The zero-order valence-corrected chi connectivity index (χ0v) is 12.8. The molecule has 1 atom stereocenters. The van der Waals surface area contributed by atoms with Crippen molar-refractivity contribution in [2.45, 2.75) is 57.8 Å². The zero-order chi connectivity index (χ0) is 14.5. The standard InChI is InChI=1S/C14H28N2O3/c1-13(2)10-11(14(3,4)19-13)15-7-6-12(17)16-8-9-18-5/h11,15H,6-10H2,1-5H3,(H,16,17). The molecule has 1 unspecified atom stereocenters. The fourth-order valence-electron chi connectivity index (χ4n) is 2.62. The Morgan fingerprint density at radius 3 is 2.53 bits per heavy atom. The normalized spacial score (nSPS) is 24.4. The molecule has 1 fully saturated rings. The highest BCUT2D eigenvalue weighted by molar-refractivity contribution is 5.76. The molecule has 0 radical (unpaired) electrons. The Balaban J connectivity index is 2.24. The lowest BCUT2D eigenvalue weighted by Gasteiger charge is -2.27. The van der Waals surface area contributed by atoms with Crippen molar-refractivity contribution >= 4 is 5.91 Å². The first-order chi connectivity index (χ1) is 8.77. The van der Waals surface area contributed by atoms with Crippen molar-refractivity contribution in [3.8, 4) is 0 Å². The van der Waals surface area contributed by atoms with Crippen LogP contribution in [0.25, 0.3) is 0 Å². The summed E-state index contributed by atoms with van der Waals surface area (Å²) in [5.41, 5.74) is -0.280. The van der Waals surface area contributed by atoms with Crippen LogP contribution in [0.5, 0.6) is 0 Å². The lowest BCUT2D eigenvalue weighted by Crippen LogP contribution is -2.44. The number of carbonyl (C=O) groups excluding carboxylic acids is 1. The van der Waals surface area contributed by atoms with Crippen molar-refractivity contribution in [1.29, 1.82) is 0 Å². The van der Waals surface area contributed by atoms with E-state index >= 15 is 0 Å². The van der Waals surface area contributed by atoms with E-state index in [0.717, 1.165) is 6.42 Å². The van der Waals surface area contributed by atoms with Crippen LogP contribution in [0.2, 0.25) is 0 Å². The minimum Gasteiger partial charge on any atom is -0.383 e. The van der Waals surface area contributed by atoms with E-state index in [9.17, 15) is 4.79 Å². The fourth-order valence-corrected chi connectivity index (χ4v) is 2.62. The van der Waals surface area contributed by atoms with Gasteiger partial charge in [0.25, 0.3) is 0 Å². The van der Waals surface area contributed by atoms with Gasteiger partial charge in [0.2, 0.25) is 5.91 Å². The predicted molar refractivity (Wildman–Crippen MR) is 75.2 cm³/mol. The smallest absolute Gasteiger partial charge is 0.221 e. The molecule has 0 spiro atoms. The third-order valence-electron chi connectivity index (χ3n) is 3.45. The van der Waals surface area contributed by atoms with Crippen LogP contribution in [0, 0.1) is 0 Å². The van der Waals surface area contributed by atoms with E-state index in [2.05, 4.69) is 38.3 Å². The molecule has 1 aliphatic rings. The maximum atomic E-state index is 11.5. The van der Waals surface area contributed by atoms with Gasteiger partial charge < -0.3 is 20.1 Å². The Morgan fingerprint density at radius 2 is 2.00 bits per heavy atom. The summed E-state index contributed by atoms with van der Waals surface area (Å²) in [6.07, 6.45) is 1.45. The van der Waals surface area contributed by atoms with Gasteiger partial charge in [0, 0.05) is 32.7 Å². The lowest BCUT2D eigenvalue weighted by atomic mass is 9.94. The average molecular weight is 272 g/mol. The summed E-state index contributed by atoms with van der Waals surface area (Å²) in [5.74, 6) is 0.0560. The first-order valence-electron chi connectivity index (χ1n) is 6.96. The van der Waals surface area contributed by atoms with Crippen molar-refractivity contribution in [3.63, 3.8) is 0 Å². The number of amides is 1. The quantitative estimate of drug-likeness (QED) is 0.681. The second-order valence-electron chi connectivity index (χ2n) is 6.27. The van der Waals surface area contributed by atoms with Gasteiger partial charge in [0.1, 0.15) is 0 Å². The Morgan fingerprint density at radius 1 is 1.32 bits per heavy atom. The summed E-state index contributed by atoms with van der Waals surface area (Å²) < 4.78 is 10.9. The van der Waals surface area contributed by atoms with Gasteiger partial charge in [-0.1, -0.05) is 0 Å². The van der Waals surface area contributed by atoms with Crippen molar-refractivity contribution < 1.29 is 14.3 Å². The monoisotopic (exact) mass is 272 g/mol. The van der Waals surface area contributed by atoms with Crippen LogP contribution in [-0.4, -0.2) is 50.0 Å². The number of hydrogen-bond acceptors (Lipinski definition) is 4. The molecular weight excluding hydrogens is 244 g/mol. The van der Waals surface area contributed by atoms with Gasteiger partial charge in [-0.2, -0.15) is 0 Å². The maximum Gasteiger partial charge on any atom is 0.221 e. The lowest BCUT2D eigenvalue weighted by molar-refractivity contribution is -0.121. The summed E-state index contributed by atoms with van der Waals surface area (Å²) in [4.78, 5) is 11.5. The molecule has 19 heavy (non-hydrogen) atoms. The maximum absolute atomic E-state index is 11.5. The molecule has 1 heterocycles. The minimum absolute atomic E-state index is 0.0560. The second-order valence-corrected chi connectivity index (χ2v) is 6.27. The molecule has 1 amide bonds. The van der Waals surface area contributed by atoms with Crippen LogP contribution in [0.1, 0.15) is 40.5 Å². The number of hydrogen-bond donors (Lipinski definition) is 2. The first-order valence-corrected chi connectivity index (χ1v) is 6.96. The highest BCUT2D eigenvalue weighted by Gasteiger charge is 2.45. The van der Waals surface area contributed by atoms with E-state index in [1.807, 2.05) is 0 Å². The Bertz CT molecular complexity index is 303. The van der Waals surface area contributed by atoms with Gasteiger partial charge in [-0.25, -0.2) is 0 Å². The SMILES string of the molecule is COCCNC(=O)CCNC1CC(C)(C)OC1(C)C. The largest absolute Gasteiger partial charge is 0.383 e. The number of nitrogens with one attached hydrogen (secondary N) is 2. The zero-order valence-electron chi connectivity index (χ0n) is 12.8. The molecule has 0 aliphatic carbocycles. The van der Waals surface area contributed by atoms with E-state index in [-0.39, 0.29) is 23.2 Å². The highest BCUT2D eigenvalue weighted by Crippen LogP contribution is 2.37. The van der Waals surface area contributed by atoms with Gasteiger partial charge in [0.05, 0.1) is 17.8 Å². The van der Waals surface area contributed by atoms with Gasteiger partial charge in [-0.15, -0.1) is 0 Å². The topological polar surface area (TPSA) is 59.6 Å². The summed E-state index contributed by atoms with van der Waals surface area (Å²) >= 11 is 0. The molecule has 0 aromatic carbocycles. The summed E-state index contributed by atoms with van der Waals surface area (Å²) in [7, 11) is 1.62. The van der Waals surface area contributed by atoms with Crippen LogP contribution in [0.4, 0.5) is 0 Å². The first kappa shape index (κ1) is 16.4. The van der Waals surface area contributed by atoms with Crippen LogP contribution in [0.3, 0.4) is 0 Å². The third-order valence-corrected chi connectivity index (χ3v) is 3.45. The number of methoxy groups -OCH3 is 1. The molecule has 2 N–H and O–H groups in total. The Hall–Kier alpha value is -0.650. The molecule has 5 nitrogen and oxygen atoms in total. The molecule has 1 aliphatic heterocycles. The van der Waals surface area contributed by atoms with Gasteiger partial charge >= 0.3 is 0 Å². The fraction of sp³-hybridized carbons (Fsp3) is 0.929. The molecule has 112 valence electrons. The molecule has 0 aromatic heterocycles. The predicted octanol–water partition coefficient (Wildman–Crippen LogP) is 1.07. The van der Waals surface area contributed by atoms with Crippen molar-refractivity contribution in [1.82, 2.24) is 10.6 Å². The van der Waals surface area contributed by atoms with Crippen molar-refractivity contribution in [3.05, 3.63) is 0 Å². The van der Waals surface area contributed by atoms with E-state index in [1.54, 1.807) is 7.11 Å². The van der Waals surface area contributed by atoms with E-state index in [4.69, 9.17) is 9.47 Å². The average Bonchev–Trinajstić information content (AvgIpc) is 2.47. The molecule has 1 rings (SSSR count). The summed E-state index contributed by atoms with van der Waals surface area (Å²) in [6.45, 7) is 10.2. The van der Waals surface area contributed by atoms with E-state index in [1.165, 1.54) is 0 Å². The van der Waals surface area contributed by atoms with Gasteiger partial charge in [0.15, 0.2) is 0 Å². The second kappa shape index (κ2) is 6.68. The van der Waals surface area contributed by atoms with Crippen LogP contribution in [0.15, 0.2) is 0 Å². The molecule has 0 saturated carbocycles. The van der Waals surface area contributed by atoms with Crippen molar-refractivity contribution in [2.24, 2.45) is 0 Å². The van der Waals surface area contributed by atoms with Crippen molar-refractivity contribution in [2.75, 3.05) is 26.8 Å². The molecule has 0 aromatic rings. The number of carbonyl (C=O) groups is 1. The highest BCUT2D eigenvalue weighted by atomic mass is 16.5.